The maximum Gasteiger partial charge on any atom is 0.321 e. The van der Waals surface area contributed by atoms with Crippen molar-refractivity contribution in [2.75, 3.05) is 31.5 Å². The van der Waals surface area contributed by atoms with E-state index in [1.165, 1.54) is 12.8 Å². The number of halogens is 1. The van der Waals surface area contributed by atoms with Gasteiger partial charge in [0.2, 0.25) is 0 Å². The first-order chi connectivity index (χ1) is 10.2. The van der Waals surface area contributed by atoms with E-state index in [1.54, 1.807) is 6.07 Å². The number of hydrogen-bond donors (Lipinski definition) is 2. The van der Waals surface area contributed by atoms with E-state index in [4.69, 9.17) is 11.6 Å². The largest absolute Gasteiger partial charge is 0.324 e. The predicted octanol–water partition coefficient (Wildman–Crippen LogP) is 3.58. The molecule has 2 rings (SSSR count). The number of nitrogens with one attached hydrogen (secondary N) is 2. The van der Waals surface area contributed by atoms with Gasteiger partial charge in [0.15, 0.2) is 0 Å². The van der Waals surface area contributed by atoms with Gasteiger partial charge in [-0.05, 0) is 50.4 Å². The van der Waals surface area contributed by atoms with Gasteiger partial charge < -0.3 is 15.5 Å². The van der Waals surface area contributed by atoms with Gasteiger partial charge in [0.1, 0.15) is 0 Å². The first-order valence-corrected chi connectivity index (χ1v) is 8.09. The molecule has 0 bridgehead atoms. The zero-order valence-corrected chi connectivity index (χ0v) is 13.3. The van der Waals surface area contributed by atoms with Crippen molar-refractivity contribution in [1.29, 1.82) is 0 Å². The lowest BCUT2D eigenvalue weighted by atomic mass is 9.99. The number of piperidine rings is 1. The molecule has 0 saturated carbocycles. The van der Waals surface area contributed by atoms with E-state index < -0.39 is 0 Å². The number of rotatable bonds is 5. The van der Waals surface area contributed by atoms with Gasteiger partial charge in [0.25, 0.3) is 0 Å². The van der Waals surface area contributed by atoms with Crippen LogP contribution in [0.5, 0.6) is 0 Å². The first-order valence-electron chi connectivity index (χ1n) is 7.72. The van der Waals surface area contributed by atoms with Gasteiger partial charge in [-0.2, -0.15) is 0 Å². The smallest absolute Gasteiger partial charge is 0.321 e. The molecule has 1 unspecified atom stereocenters. The Balaban J connectivity index is 1.96. The van der Waals surface area contributed by atoms with Gasteiger partial charge in [-0.3, -0.25) is 0 Å². The maximum absolute atomic E-state index is 12.5. The number of hydrogen-bond acceptors (Lipinski definition) is 2. The van der Waals surface area contributed by atoms with Gasteiger partial charge >= 0.3 is 6.03 Å². The van der Waals surface area contributed by atoms with Crippen LogP contribution in [0.4, 0.5) is 10.5 Å². The quantitative estimate of drug-likeness (QED) is 0.873. The number of benzene rings is 1. The second kappa shape index (κ2) is 8.25. The van der Waals surface area contributed by atoms with Crippen molar-refractivity contribution < 1.29 is 4.79 Å². The van der Waals surface area contributed by atoms with Crippen molar-refractivity contribution in [3.05, 3.63) is 29.3 Å². The van der Waals surface area contributed by atoms with E-state index in [-0.39, 0.29) is 6.03 Å². The molecule has 5 heteroatoms. The molecule has 1 aromatic carbocycles. The Morgan fingerprint density at radius 2 is 2.29 bits per heavy atom. The highest BCUT2D eigenvalue weighted by atomic mass is 35.5. The molecule has 4 nitrogen and oxygen atoms in total. The highest BCUT2D eigenvalue weighted by molar-refractivity contribution is 6.33. The van der Waals surface area contributed by atoms with Crippen molar-refractivity contribution in [3.8, 4) is 0 Å². The van der Waals surface area contributed by atoms with Crippen molar-refractivity contribution in [1.82, 2.24) is 10.2 Å². The van der Waals surface area contributed by atoms with Crippen LogP contribution in [-0.4, -0.2) is 37.1 Å². The fourth-order valence-corrected chi connectivity index (χ4v) is 2.88. The third-order valence-corrected chi connectivity index (χ3v) is 4.10. The van der Waals surface area contributed by atoms with Crippen LogP contribution < -0.4 is 10.6 Å². The zero-order valence-electron chi connectivity index (χ0n) is 12.6. The molecule has 0 aromatic heterocycles. The molecule has 1 heterocycles. The molecule has 1 saturated heterocycles. The number of anilines is 1. The minimum Gasteiger partial charge on any atom is -0.324 e. The normalized spacial score (nSPS) is 18.3. The average Bonchev–Trinajstić information content (AvgIpc) is 2.50. The predicted molar refractivity (Wildman–Crippen MR) is 87.9 cm³/mol. The standard InChI is InChI=1S/C16H24ClN3O/c1-2-10-20(12-13-6-5-9-18-11-13)16(21)19-15-8-4-3-7-14(15)17/h3-4,7-8,13,18H,2,5-6,9-12H2,1H3,(H,19,21). The zero-order chi connectivity index (χ0) is 15.1. The fourth-order valence-electron chi connectivity index (χ4n) is 2.69. The second-order valence-corrected chi connectivity index (χ2v) is 5.98. The summed E-state index contributed by atoms with van der Waals surface area (Å²) in [6.45, 7) is 5.76. The van der Waals surface area contributed by atoms with E-state index in [9.17, 15) is 4.79 Å². The molecule has 1 aliphatic heterocycles. The van der Waals surface area contributed by atoms with Crippen LogP contribution in [0.3, 0.4) is 0 Å². The molecule has 2 amide bonds. The molecule has 21 heavy (non-hydrogen) atoms. The highest BCUT2D eigenvalue weighted by Crippen LogP contribution is 2.21. The lowest BCUT2D eigenvalue weighted by Crippen LogP contribution is -2.43. The van der Waals surface area contributed by atoms with Crippen molar-refractivity contribution in [2.24, 2.45) is 5.92 Å². The summed E-state index contributed by atoms with van der Waals surface area (Å²) >= 11 is 6.10. The summed E-state index contributed by atoms with van der Waals surface area (Å²) in [5, 5.41) is 6.89. The van der Waals surface area contributed by atoms with E-state index in [1.807, 2.05) is 23.1 Å². The SMILES string of the molecule is CCCN(CC1CCCNC1)C(=O)Nc1ccccc1Cl. The van der Waals surface area contributed by atoms with Crippen LogP contribution >= 0.6 is 11.6 Å². The van der Waals surface area contributed by atoms with E-state index in [2.05, 4.69) is 17.6 Å². The minimum absolute atomic E-state index is 0.0597. The second-order valence-electron chi connectivity index (χ2n) is 5.57. The maximum atomic E-state index is 12.5. The van der Waals surface area contributed by atoms with E-state index in [0.29, 0.717) is 16.6 Å². The summed E-state index contributed by atoms with van der Waals surface area (Å²) in [5.41, 5.74) is 0.673. The van der Waals surface area contributed by atoms with Gasteiger partial charge in [-0.25, -0.2) is 4.79 Å². The number of urea groups is 1. The number of carbonyl (C=O) groups is 1. The summed E-state index contributed by atoms with van der Waals surface area (Å²) in [4.78, 5) is 14.4. The third-order valence-electron chi connectivity index (χ3n) is 3.77. The Morgan fingerprint density at radius 1 is 1.48 bits per heavy atom. The van der Waals surface area contributed by atoms with Crippen LogP contribution in [0.15, 0.2) is 24.3 Å². The first kappa shape index (κ1) is 16.1. The van der Waals surface area contributed by atoms with Gasteiger partial charge in [-0.1, -0.05) is 30.7 Å². The lowest BCUT2D eigenvalue weighted by Gasteiger charge is -2.30. The van der Waals surface area contributed by atoms with Gasteiger partial charge in [0, 0.05) is 13.1 Å². The summed E-state index contributed by atoms with van der Waals surface area (Å²) in [6, 6.07) is 7.28. The van der Waals surface area contributed by atoms with E-state index >= 15 is 0 Å². The average molecular weight is 310 g/mol. The lowest BCUT2D eigenvalue weighted by molar-refractivity contribution is 0.193. The summed E-state index contributed by atoms with van der Waals surface area (Å²) in [6.07, 6.45) is 3.33. The Bertz CT molecular complexity index is 461. The van der Waals surface area contributed by atoms with E-state index in [0.717, 1.165) is 32.6 Å². The number of carbonyl (C=O) groups excluding carboxylic acids is 1. The van der Waals surface area contributed by atoms with Crippen LogP contribution in [0, 0.1) is 5.92 Å². The van der Waals surface area contributed by atoms with Gasteiger partial charge in [-0.15, -0.1) is 0 Å². The minimum atomic E-state index is -0.0597. The molecule has 0 aliphatic carbocycles. The summed E-state index contributed by atoms with van der Waals surface area (Å²) < 4.78 is 0. The number of para-hydroxylation sites is 1. The molecule has 2 N–H and O–H groups in total. The Kier molecular flexibility index (Phi) is 6.33. The molecule has 1 fully saturated rings. The monoisotopic (exact) mass is 309 g/mol. The van der Waals surface area contributed by atoms with Crippen molar-refractivity contribution in [2.45, 2.75) is 26.2 Å². The fraction of sp³-hybridized carbons (Fsp3) is 0.562. The summed E-state index contributed by atoms with van der Waals surface area (Å²) in [5.74, 6) is 0.544. The van der Waals surface area contributed by atoms with Crippen LogP contribution in [0.25, 0.3) is 0 Å². The number of nitrogens with zero attached hydrogens (tertiary/aromatic N) is 1. The molecule has 1 aromatic rings. The Morgan fingerprint density at radius 3 is 2.95 bits per heavy atom. The van der Waals surface area contributed by atoms with Crippen molar-refractivity contribution in [3.63, 3.8) is 0 Å². The Labute approximate surface area is 131 Å². The van der Waals surface area contributed by atoms with Gasteiger partial charge in [0.05, 0.1) is 10.7 Å². The molecule has 1 aliphatic rings. The molecule has 1 atom stereocenters. The molecule has 0 spiro atoms. The molecule has 0 radical (unpaired) electrons. The molecular weight excluding hydrogens is 286 g/mol. The van der Waals surface area contributed by atoms with Crippen LogP contribution in [-0.2, 0) is 0 Å². The Hall–Kier alpha value is -1.26. The summed E-state index contributed by atoms with van der Waals surface area (Å²) in [7, 11) is 0. The molecule has 116 valence electrons. The van der Waals surface area contributed by atoms with Crippen LogP contribution in [0.1, 0.15) is 26.2 Å². The topological polar surface area (TPSA) is 44.4 Å². The molecular formula is C16H24ClN3O. The van der Waals surface area contributed by atoms with Crippen molar-refractivity contribution >= 4 is 23.3 Å². The number of amides is 2. The highest BCUT2D eigenvalue weighted by Gasteiger charge is 2.20. The third kappa shape index (κ3) is 4.90. The van der Waals surface area contributed by atoms with Crippen LogP contribution in [0.2, 0.25) is 5.02 Å².